The van der Waals surface area contributed by atoms with Gasteiger partial charge in [0.15, 0.2) is 0 Å². The third-order valence-electron chi connectivity index (χ3n) is 4.26. The van der Waals surface area contributed by atoms with Gasteiger partial charge in [-0.1, -0.05) is 36.4 Å². The normalized spacial score (nSPS) is 11.4. The Kier molecular flexibility index (Phi) is 6.05. The fourth-order valence-corrected chi connectivity index (χ4v) is 3.88. The predicted molar refractivity (Wildman–Crippen MR) is 106 cm³/mol. The summed E-state index contributed by atoms with van der Waals surface area (Å²) >= 11 is 0. The van der Waals surface area contributed by atoms with E-state index >= 15 is 0 Å². The number of carbonyl (C=O) groups is 1. The van der Waals surface area contributed by atoms with Gasteiger partial charge in [0, 0.05) is 19.3 Å². The molecule has 0 bridgehead atoms. The van der Waals surface area contributed by atoms with Crippen LogP contribution in [0.1, 0.15) is 15.9 Å². The zero-order chi connectivity index (χ0) is 21.0. The number of sulfonamides is 1. The summed E-state index contributed by atoms with van der Waals surface area (Å²) in [6.07, 6.45) is 0. The summed E-state index contributed by atoms with van der Waals surface area (Å²) in [6.45, 7) is 0.203. The van der Waals surface area contributed by atoms with Gasteiger partial charge in [-0.25, -0.2) is 17.2 Å². The third kappa shape index (κ3) is 4.67. The standard InChI is InChI=1S/C21H18F2N2O3S/c1-25(14-15-6-3-2-4-7-15)29(27,28)17-12-10-16(11-13-17)24-21(26)20-18(22)8-5-9-19(20)23/h2-13H,14H2,1H3,(H,24,26). The van der Waals surface area contributed by atoms with Crippen molar-refractivity contribution in [2.45, 2.75) is 11.4 Å². The van der Waals surface area contributed by atoms with E-state index in [-0.39, 0.29) is 17.1 Å². The molecular formula is C21H18F2N2O3S. The van der Waals surface area contributed by atoms with Gasteiger partial charge < -0.3 is 5.32 Å². The van der Waals surface area contributed by atoms with E-state index in [1.165, 1.54) is 35.6 Å². The van der Waals surface area contributed by atoms with Crippen LogP contribution in [0.5, 0.6) is 0 Å². The fourth-order valence-electron chi connectivity index (χ4n) is 2.72. The molecule has 0 fully saturated rings. The van der Waals surface area contributed by atoms with E-state index in [1.807, 2.05) is 30.3 Å². The van der Waals surface area contributed by atoms with Gasteiger partial charge in [-0.3, -0.25) is 4.79 Å². The molecule has 29 heavy (non-hydrogen) atoms. The number of benzene rings is 3. The van der Waals surface area contributed by atoms with Gasteiger partial charge in [0.1, 0.15) is 17.2 Å². The average molecular weight is 416 g/mol. The molecule has 0 saturated heterocycles. The van der Waals surface area contributed by atoms with Gasteiger partial charge in [0.2, 0.25) is 10.0 Å². The quantitative estimate of drug-likeness (QED) is 0.660. The highest BCUT2D eigenvalue weighted by molar-refractivity contribution is 7.89. The summed E-state index contributed by atoms with van der Waals surface area (Å²) in [5.74, 6) is -2.93. The van der Waals surface area contributed by atoms with Gasteiger partial charge in [-0.15, -0.1) is 0 Å². The van der Waals surface area contributed by atoms with Crippen LogP contribution in [0.2, 0.25) is 0 Å². The van der Waals surface area contributed by atoms with E-state index in [1.54, 1.807) is 0 Å². The van der Waals surface area contributed by atoms with Crippen LogP contribution in [0.15, 0.2) is 77.7 Å². The lowest BCUT2D eigenvalue weighted by atomic mass is 10.2. The molecule has 0 unspecified atom stereocenters. The topological polar surface area (TPSA) is 66.5 Å². The Bertz CT molecular complexity index is 1100. The minimum atomic E-state index is -3.75. The van der Waals surface area contributed by atoms with Gasteiger partial charge in [0.25, 0.3) is 5.91 Å². The summed E-state index contributed by atoms with van der Waals surface area (Å²) in [5.41, 5.74) is 0.350. The molecule has 8 heteroatoms. The maximum atomic E-state index is 13.7. The van der Waals surface area contributed by atoms with Crippen molar-refractivity contribution in [2.24, 2.45) is 0 Å². The lowest BCUT2D eigenvalue weighted by Gasteiger charge is -2.17. The highest BCUT2D eigenvalue weighted by Gasteiger charge is 2.21. The van der Waals surface area contributed by atoms with Crippen molar-refractivity contribution in [1.29, 1.82) is 0 Å². The molecule has 5 nitrogen and oxygen atoms in total. The van der Waals surface area contributed by atoms with Crippen LogP contribution in [0.4, 0.5) is 14.5 Å². The Morgan fingerprint density at radius 2 is 1.48 bits per heavy atom. The zero-order valence-electron chi connectivity index (χ0n) is 15.5. The summed E-state index contributed by atoms with van der Waals surface area (Å²) in [4.78, 5) is 12.2. The highest BCUT2D eigenvalue weighted by Crippen LogP contribution is 2.20. The second kappa shape index (κ2) is 8.50. The minimum Gasteiger partial charge on any atom is -0.322 e. The lowest BCUT2D eigenvalue weighted by molar-refractivity contribution is 0.101. The van der Waals surface area contributed by atoms with Crippen LogP contribution in [0.25, 0.3) is 0 Å². The number of carbonyl (C=O) groups excluding carboxylic acids is 1. The Hall–Kier alpha value is -3.10. The first-order chi connectivity index (χ1) is 13.8. The molecule has 3 rings (SSSR count). The molecule has 0 heterocycles. The average Bonchev–Trinajstić information content (AvgIpc) is 2.69. The van der Waals surface area contributed by atoms with Crippen LogP contribution in [-0.2, 0) is 16.6 Å². The molecule has 0 saturated carbocycles. The number of anilines is 1. The van der Waals surface area contributed by atoms with Crippen molar-refractivity contribution in [3.8, 4) is 0 Å². The Morgan fingerprint density at radius 1 is 0.897 bits per heavy atom. The first-order valence-electron chi connectivity index (χ1n) is 8.65. The van der Waals surface area contributed by atoms with Gasteiger partial charge in [-0.2, -0.15) is 4.31 Å². The molecule has 1 N–H and O–H groups in total. The van der Waals surface area contributed by atoms with Crippen molar-refractivity contribution < 1.29 is 22.0 Å². The smallest absolute Gasteiger partial charge is 0.261 e. The monoisotopic (exact) mass is 416 g/mol. The summed E-state index contributed by atoms with van der Waals surface area (Å²) in [7, 11) is -2.28. The molecular weight excluding hydrogens is 398 g/mol. The van der Waals surface area contributed by atoms with Crippen molar-refractivity contribution >= 4 is 21.6 Å². The molecule has 0 spiro atoms. The third-order valence-corrected chi connectivity index (χ3v) is 6.08. The number of hydrogen-bond donors (Lipinski definition) is 1. The number of hydrogen-bond acceptors (Lipinski definition) is 3. The number of nitrogens with zero attached hydrogens (tertiary/aromatic N) is 1. The summed E-state index contributed by atoms with van der Waals surface area (Å²) < 4.78 is 54.1. The zero-order valence-corrected chi connectivity index (χ0v) is 16.3. The predicted octanol–water partition coefficient (Wildman–Crippen LogP) is 4.04. The van der Waals surface area contributed by atoms with E-state index in [4.69, 9.17) is 0 Å². The number of amides is 1. The van der Waals surface area contributed by atoms with Gasteiger partial charge >= 0.3 is 0 Å². The minimum absolute atomic E-state index is 0.0333. The Morgan fingerprint density at radius 3 is 2.07 bits per heavy atom. The molecule has 3 aromatic rings. The Labute approximate surface area is 167 Å². The number of halogens is 2. The highest BCUT2D eigenvalue weighted by atomic mass is 32.2. The number of nitrogens with one attached hydrogen (secondary N) is 1. The molecule has 1 amide bonds. The molecule has 0 aliphatic rings. The second-order valence-electron chi connectivity index (χ2n) is 6.32. The largest absolute Gasteiger partial charge is 0.322 e. The first-order valence-corrected chi connectivity index (χ1v) is 10.1. The van der Waals surface area contributed by atoms with E-state index in [0.29, 0.717) is 0 Å². The lowest BCUT2D eigenvalue weighted by Crippen LogP contribution is -2.26. The van der Waals surface area contributed by atoms with Crippen LogP contribution < -0.4 is 5.32 Å². The molecule has 0 aliphatic carbocycles. The Balaban J connectivity index is 1.74. The molecule has 0 aliphatic heterocycles. The van der Waals surface area contributed by atoms with Crippen LogP contribution in [-0.4, -0.2) is 25.7 Å². The van der Waals surface area contributed by atoms with Gasteiger partial charge in [-0.05, 0) is 42.0 Å². The van der Waals surface area contributed by atoms with Crippen molar-refractivity contribution in [1.82, 2.24) is 4.31 Å². The summed E-state index contributed by atoms with van der Waals surface area (Å²) in [5, 5.41) is 2.36. The van der Waals surface area contributed by atoms with Crippen molar-refractivity contribution in [2.75, 3.05) is 12.4 Å². The second-order valence-corrected chi connectivity index (χ2v) is 8.37. The maximum absolute atomic E-state index is 13.7. The van der Waals surface area contributed by atoms with E-state index < -0.39 is 33.1 Å². The van der Waals surface area contributed by atoms with Gasteiger partial charge in [0.05, 0.1) is 4.90 Å². The van der Waals surface area contributed by atoms with Crippen LogP contribution in [0, 0.1) is 11.6 Å². The van der Waals surface area contributed by atoms with Crippen LogP contribution >= 0.6 is 0 Å². The summed E-state index contributed by atoms with van der Waals surface area (Å²) in [6, 6.07) is 17.6. The number of rotatable bonds is 6. The van der Waals surface area contributed by atoms with Crippen molar-refractivity contribution in [3.63, 3.8) is 0 Å². The van der Waals surface area contributed by atoms with E-state index in [9.17, 15) is 22.0 Å². The van der Waals surface area contributed by atoms with Crippen molar-refractivity contribution in [3.05, 3.63) is 95.6 Å². The first kappa shape index (κ1) is 20.6. The SMILES string of the molecule is CN(Cc1ccccc1)S(=O)(=O)c1ccc(NC(=O)c2c(F)cccc2F)cc1. The molecule has 150 valence electrons. The van der Waals surface area contributed by atoms with E-state index in [2.05, 4.69) is 5.32 Å². The fraction of sp³-hybridized carbons (Fsp3) is 0.0952. The van der Waals surface area contributed by atoms with E-state index in [0.717, 1.165) is 23.8 Å². The molecule has 0 atom stereocenters. The maximum Gasteiger partial charge on any atom is 0.261 e. The van der Waals surface area contributed by atoms with Crippen LogP contribution in [0.3, 0.4) is 0 Å². The molecule has 3 aromatic carbocycles. The molecule has 0 radical (unpaired) electrons. The molecule has 0 aromatic heterocycles.